The quantitative estimate of drug-likeness (QED) is 0.519. The summed E-state index contributed by atoms with van der Waals surface area (Å²) >= 11 is 5.46. The lowest BCUT2D eigenvalue weighted by Gasteiger charge is -2.22. The zero-order valence-corrected chi connectivity index (χ0v) is 8.31. The lowest BCUT2D eigenvalue weighted by Crippen LogP contribution is -2.48. The molecule has 0 aromatic heterocycles. The van der Waals surface area contributed by atoms with Crippen molar-refractivity contribution in [1.82, 2.24) is 10.6 Å². The van der Waals surface area contributed by atoms with Crippen molar-refractivity contribution in [3.05, 3.63) is 12.2 Å². The van der Waals surface area contributed by atoms with Gasteiger partial charge in [0.05, 0.1) is 6.04 Å². The van der Waals surface area contributed by atoms with Crippen molar-refractivity contribution in [3.63, 3.8) is 0 Å². The molecule has 1 heterocycles. The molecule has 3 nitrogen and oxygen atoms in total. The largest absolute Gasteiger partial charge is 0.355 e. The van der Waals surface area contributed by atoms with Gasteiger partial charge in [-0.1, -0.05) is 12.2 Å². The summed E-state index contributed by atoms with van der Waals surface area (Å²) in [5.41, 5.74) is 0. The Labute approximate surface area is 83.5 Å². The maximum Gasteiger partial charge on any atom is 0.237 e. The molecular weight excluding hydrogens is 188 g/mol. The molecule has 1 fully saturated rings. The van der Waals surface area contributed by atoms with Gasteiger partial charge in [-0.15, -0.1) is 11.6 Å². The van der Waals surface area contributed by atoms with Gasteiger partial charge in [0.1, 0.15) is 0 Å². The lowest BCUT2D eigenvalue weighted by atomic mass is 10.1. The summed E-state index contributed by atoms with van der Waals surface area (Å²) in [6, 6.07) is -0.0197. The van der Waals surface area contributed by atoms with E-state index < -0.39 is 0 Å². The second-order valence-electron chi connectivity index (χ2n) is 3.02. The van der Waals surface area contributed by atoms with Crippen molar-refractivity contribution in [3.8, 4) is 0 Å². The summed E-state index contributed by atoms with van der Waals surface area (Å²) in [6.45, 7) is 1.53. The van der Waals surface area contributed by atoms with E-state index in [9.17, 15) is 4.79 Å². The van der Waals surface area contributed by atoms with Gasteiger partial charge in [-0.25, -0.2) is 0 Å². The summed E-state index contributed by atoms with van der Waals surface area (Å²) in [5.74, 6) is 0.643. The van der Waals surface area contributed by atoms with Gasteiger partial charge in [-0.05, 0) is 12.8 Å². The normalized spacial score (nSPS) is 23.5. The molecule has 0 aromatic carbocycles. The Balaban J connectivity index is 2.19. The first-order chi connectivity index (χ1) is 6.34. The monoisotopic (exact) mass is 202 g/mol. The topological polar surface area (TPSA) is 41.1 Å². The minimum atomic E-state index is -0.0197. The first-order valence-corrected chi connectivity index (χ1v) is 5.10. The summed E-state index contributed by atoms with van der Waals surface area (Å²) < 4.78 is 0. The van der Waals surface area contributed by atoms with Crippen molar-refractivity contribution in [1.29, 1.82) is 0 Å². The average Bonchev–Trinajstić information content (AvgIpc) is 2.15. The highest BCUT2D eigenvalue weighted by molar-refractivity contribution is 6.18. The smallest absolute Gasteiger partial charge is 0.237 e. The molecule has 0 bridgehead atoms. The van der Waals surface area contributed by atoms with Crippen LogP contribution in [0.2, 0.25) is 0 Å². The SMILES string of the molecule is O=C1NCCCC1NC/C=C/CCl. The molecular formula is C9H15ClN2O. The zero-order chi connectivity index (χ0) is 9.52. The van der Waals surface area contributed by atoms with Crippen LogP contribution in [0.1, 0.15) is 12.8 Å². The number of halogens is 1. The minimum Gasteiger partial charge on any atom is -0.355 e. The van der Waals surface area contributed by atoms with Gasteiger partial charge in [0.25, 0.3) is 0 Å². The number of hydrogen-bond acceptors (Lipinski definition) is 2. The van der Waals surface area contributed by atoms with Crippen LogP contribution in [0.4, 0.5) is 0 Å². The first kappa shape index (κ1) is 10.5. The van der Waals surface area contributed by atoms with Gasteiger partial charge in [0, 0.05) is 19.0 Å². The van der Waals surface area contributed by atoms with Gasteiger partial charge in [-0.3, -0.25) is 4.79 Å². The van der Waals surface area contributed by atoms with Gasteiger partial charge in [0.15, 0.2) is 0 Å². The van der Waals surface area contributed by atoms with Crippen molar-refractivity contribution in [2.75, 3.05) is 19.0 Å². The molecule has 0 spiro atoms. The highest BCUT2D eigenvalue weighted by Gasteiger charge is 2.19. The second-order valence-corrected chi connectivity index (χ2v) is 3.33. The van der Waals surface area contributed by atoms with E-state index in [0.717, 1.165) is 19.4 Å². The Hall–Kier alpha value is -0.540. The van der Waals surface area contributed by atoms with Crippen LogP contribution in [0, 0.1) is 0 Å². The van der Waals surface area contributed by atoms with Gasteiger partial charge >= 0.3 is 0 Å². The molecule has 1 rings (SSSR count). The van der Waals surface area contributed by atoms with Crippen LogP contribution >= 0.6 is 11.6 Å². The van der Waals surface area contributed by atoms with Gasteiger partial charge in [-0.2, -0.15) is 0 Å². The van der Waals surface area contributed by atoms with E-state index in [-0.39, 0.29) is 11.9 Å². The third-order valence-corrected chi connectivity index (χ3v) is 2.20. The van der Waals surface area contributed by atoms with Crippen LogP contribution in [0.3, 0.4) is 0 Å². The Morgan fingerprint density at radius 2 is 2.46 bits per heavy atom. The molecule has 1 unspecified atom stereocenters. The van der Waals surface area contributed by atoms with E-state index in [1.54, 1.807) is 0 Å². The molecule has 0 saturated carbocycles. The Kier molecular flexibility index (Phi) is 4.86. The Morgan fingerprint density at radius 3 is 3.15 bits per heavy atom. The van der Waals surface area contributed by atoms with E-state index in [1.807, 2.05) is 12.2 Å². The molecule has 1 aliphatic heterocycles. The molecule has 74 valence electrons. The number of allylic oxidation sites excluding steroid dienone is 1. The molecule has 1 saturated heterocycles. The number of rotatable bonds is 4. The molecule has 0 radical (unpaired) electrons. The zero-order valence-electron chi connectivity index (χ0n) is 7.55. The lowest BCUT2D eigenvalue weighted by molar-refractivity contribution is -0.124. The maximum atomic E-state index is 11.2. The van der Waals surface area contributed by atoms with Crippen LogP contribution < -0.4 is 10.6 Å². The fourth-order valence-corrected chi connectivity index (χ4v) is 1.45. The van der Waals surface area contributed by atoms with Crippen molar-refractivity contribution >= 4 is 17.5 Å². The Morgan fingerprint density at radius 1 is 1.62 bits per heavy atom. The molecule has 0 aliphatic carbocycles. The van der Waals surface area contributed by atoms with E-state index >= 15 is 0 Å². The van der Waals surface area contributed by atoms with Crippen molar-refractivity contribution < 1.29 is 4.79 Å². The predicted octanol–water partition coefficient (Wildman–Crippen LogP) is 0.650. The van der Waals surface area contributed by atoms with E-state index in [1.165, 1.54) is 0 Å². The van der Waals surface area contributed by atoms with Crippen LogP contribution in [0.15, 0.2) is 12.2 Å². The minimum absolute atomic E-state index is 0.0197. The number of nitrogens with one attached hydrogen (secondary N) is 2. The molecule has 1 atom stereocenters. The first-order valence-electron chi connectivity index (χ1n) is 4.56. The van der Waals surface area contributed by atoms with Crippen molar-refractivity contribution in [2.45, 2.75) is 18.9 Å². The molecule has 0 aromatic rings. The average molecular weight is 203 g/mol. The fourth-order valence-electron chi connectivity index (χ4n) is 1.32. The highest BCUT2D eigenvalue weighted by Crippen LogP contribution is 2.01. The highest BCUT2D eigenvalue weighted by atomic mass is 35.5. The number of amides is 1. The summed E-state index contributed by atoms with van der Waals surface area (Å²) in [6.07, 6.45) is 5.80. The third kappa shape index (κ3) is 3.79. The van der Waals surface area contributed by atoms with E-state index in [0.29, 0.717) is 12.4 Å². The van der Waals surface area contributed by atoms with Gasteiger partial charge in [0.2, 0.25) is 5.91 Å². The number of carbonyl (C=O) groups is 1. The standard InChI is InChI=1S/C9H15ClN2O/c10-5-1-2-6-11-8-4-3-7-12-9(8)13/h1-2,8,11H,3-7H2,(H,12,13)/b2-1+. The third-order valence-electron chi connectivity index (χ3n) is 2.02. The van der Waals surface area contributed by atoms with Gasteiger partial charge < -0.3 is 10.6 Å². The molecule has 2 N–H and O–H groups in total. The fraction of sp³-hybridized carbons (Fsp3) is 0.667. The molecule has 4 heteroatoms. The van der Waals surface area contributed by atoms with Crippen molar-refractivity contribution in [2.24, 2.45) is 0 Å². The predicted molar refractivity (Wildman–Crippen MR) is 53.9 cm³/mol. The summed E-state index contributed by atoms with van der Waals surface area (Å²) in [5, 5.41) is 5.97. The number of alkyl halides is 1. The van der Waals surface area contributed by atoms with Crippen LogP contribution in [0.25, 0.3) is 0 Å². The molecule has 1 aliphatic rings. The van der Waals surface area contributed by atoms with Crippen LogP contribution in [-0.4, -0.2) is 30.9 Å². The number of piperidine rings is 1. The van der Waals surface area contributed by atoms with Crippen LogP contribution in [0.5, 0.6) is 0 Å². The summed E-state index contributed by atoms with van der Waals surface area (Å²) in [7, 11) is 0. The summed E-state index contributed by atoms with van der Waals surface area (Å²) in [4.78, 5) is 11.2. The van der Waals surface area contributed by atoms with E-state index in [2.05, 4.69) is 10.6 Å². The number of carbonyl (C=O) groups excluding carboxylic acids is 1. The molecule has 13 heavy (non-hydrogen) atoms. The Bertz CT molecular complexity index is 194. The molecule has 1 amide bonds. The maximum absolute atomic E-state index is 11.2. The number of hydrogen-bond donors (Lipinski definition) is 2. The van der Waals surface area contributed by atoms with Crippen LogP contribution in [-0.2, 0) is 4.79 Å². The van der Waals surface area contributed by atoms with E-state index in [4.69, 9.17) is 11.6 Å². The second kappa shape index (κ2) is 6.00.